The van der Waals surface area contributed by atoms with Gasteiger partial charge < -0.3 is 15.2 Å². The zero-order valence-electron chi connectivity index (χ0n) is 13.3. The Labute approximate surface area is 138 Å². The monoisotopic (exact) mass is 329 g/mol. The summed E-state index contributed by atoms with van der Waals surface area (Å²) in [5, 5.41) is 12.0. The highest BCUT2D eigenvalue weighted by molar-refractivity contribution is 5.94. The predicted octanol–water partition coefficient (Wildman–Crippen LogP) is 0.658. The van der Waals surface area contributed by atoms with Gasteiger partial charge in [-0.05, 0) is 37.8 Å². The van der Waals surface area contributed by atoms with Gasteiger partial charge in [0.15, 0.2) is 0 Å². The smallest absolute Gasteiger partial charge is 0.263 e. The average molecular weight is 329 g/mol. The standard InChI is InChI=1S/C16H19N5O3/c1-10-13(8-18-20-10)19-14(22)9-21-6-2-3-12(16(21)24)15(23)17-7-11-4-5-11/h2-3,6,8,11H,4-5,7,9H2,1H3,(H,17,23)(H,18,20)(H,19,22). The van der Waals surface area contributed by atoms with Gasteiger partial charge >= 0.3 is 0 Å². The lowest BCUT2D eigenvalue weighted by atomic mass is 10.2. The van der Waals surface area contributed by atoms with E-state index in [1.165, 1.54) is 23.0 Å². The van der Waals surface area contributed by atoms with E-state index in [2.05, 4.69) is 20.8 Å². The summed E-state index contributed by atoms with van der Waals surface area (Å²) in [4.78, 5) is 36.6. The molecular weight excluding hydrogens is 310 g/mol. The highest BCUT2D eigenvalue weighted by Gasteiger charge is 2.22. The van der Waals surface area contributed by atoms with Crippen LogP contribution >= 0.6 is 0 Å². The first kappa shape index (κ1) is 16.0. The van der Waals surface area contributed by atoms with E-state index in [9.17, 15) is 14.4 Å². The van der Waals surface area contributed by atoms with Gasteiger partial charge in [0.05, 0.1) is 17.6 Å². The Bertz CT molecular complexity index is 819. The lowest BCUT2D eigenvalue weighted by molar-refractivity contribution is -0.116. The number of hydrogen-bond acceptors (Lipinski definition) is 4. The molecule has 3 rings (SSSR count). The first-order valence-corrected chi connectivity index (χ1v) is 7.82. The molecule has 0 unspecified atom stereocenters. The highest BCUT2D eigenvalue weighted by Crippen LogP contribution is 2.27. The molecule has 1 fully saturated rings. The van der Waals surface area contributed by atoms with Crippen LogP contribution in [-0.4, -0.2) is 33.1 Å². The van der Waals surface area contributed by atoms with Crippen molar-refractivity contribution in [1.29, 1.82) is 0 Å². The number of carbonyl (C=O) groups is 2. The van der Waals surface area contributed by atoms with Crippen LogP contribution in [0.15, 0.2) is 29.3 Å². The maximum absolute atomic E-state index is 12.4. The van der Waals surface area contributed by atoms with Crippen molar-refractivity contribution in [2.45, 2.75) is 26.3 Å². The summed E-state index contributed by atoms with van der Waals surface area (Å²) in [7, 11) is 0. The lowest BCUT2D eigenvalue weighted by Crippen LogP contribution is -2.35. The Morgan fingerprint density at radius 3 is 2.88 bits per heavy atom. The number of hydrogen-bond donors (Lipinski definition) is 3. The number of aromatic amines is 1. The number of aryl methyl sites for hydroxylation is 1. The van der Waals surface area contributed by atoms with E-state index >= 15 is 0 Å². The van der Waals surface area contributed by atoms with Crippen molar-refractivity contribution in [3.8, 4) is 0 Å². The van der Waals surface area contributed by atoms with Gasteiger partial charge in [0, 0.05) is 12.7 Å². The van der Waals surface area contributed by atoms with Crippen LogP contribution in [0.2, 0.25) is 0 Å². The van der Waals surface area contributed by atoms with Crippen LogP contribution in [-0.2, 0) is 11.3 Å². The molecule has 2 aromatic rings. The summed E-state index contributed by atoms with van der Waals surface area (Å²) in [5.74, 6) is -0.228. The maximum Gasteiger partial charge on any atom is 0.263 e. The SMILES string of the molecule is Cc1[nH]ncc1NC(=O)Cn1cccc(C(=O)NCC2CC2)c1=O. The maximum atomic E-state index is 12.4. The minimum absolute atomic E-state index is 0.0467. The third-order valence-corrected chi connectivity index (χ3v) is 3.93. The zero-order chi connectivity index (χ0) is 17.1. The number of nitrogens with zero attached hydrogens (tertiary/aromatic N) is 2. The van der Waals surface area contributed by atoms with Crippen LogP contribution in [0, 0.1) is 12.8 Å². The summed E-state index contributed by atoms with van der Waals surface area (Å²) in [6.07, 6.45) is 5.22. The molecule has 0 atom stereocenters. The fourth-order valence-corrected chi connectivity index (χ4v) is 2.31. The zero-order valence-corrected chi connectivity index (χ0v) is 13.3. The fourth-order valence-electron chi connectivity index (χ4n) is 2.31. The summed E-state index contributed by atoms with van der Waals surface area (Å²) >= 11 is 0. The molecule has 1 aliphatic rings. The first-order valence-electron chi connectivity index (χ1n) is 7.82. The number of amides is 2. The summed E-state index contributed by atoms with van der Waals surface area (Å²) in [6, 6.07) is 3.06. The number of pyridine rings is 1. The van der Waals surface area contributed by atoms with Gasteiger partial charge in [-0.25, -0.2) is 0 Å². The van der Waals surface area contributed by atoms with Crippen LogP contribution < -0.4 is 16.2 Å². The second kappa shape index (κ2) is 6.69. The molecule has 1 aliphatic carbocycles. The minimum Gasteiger partial charge on any atom is -0.352 e. The molecule has 8 nitrogen and oxygen atoms in total. The van der Waals surface area contributed by atoms with Gasteiger partial charge in [0.1, 0.15) is 12.1 Å². The summed E-state index contributed by atoms with van der Waals surface area (Å²) < 4.78 is 1.22. The van der Waals surface area contributed by atoms with Gasteiger partial charge in [-0.1, -0.05) is 0 Å². The topological polar surface area (TPSA) is 109 Å². The first-order chi connectivity index (χ1) is 11.5. The summed E-state index contributed by atoms with van der Waals surface area (Å²) in [6.45, 7) is 2.19. The molecule has 0 aromatic carbocycles. The van der Waals surface area contributed by atoms with Crippen molar-refractivity contribution in [1.82, 2.24) is 20.1 Å². The Balaban J connectivity index is 1.68. The van der Waals surface area contributed by atoms with Crippen molar-refractivity contribution >= 4 is 17.5 Å². The molecule has 24 heavy (non-hydrogen) atoms. The molecule has 2 heterocycles. The van der Waals surface area contributed by atoms with Crippen molar-refractivity contribution in [3.05, 3.63) is 46.1 Å². The van der Waals surface area contributed by atoms with Crippen LogP contribution in [0.5, 0.6) is 0 Å². The predicted molar refractivity (Wildman–Crippen MR) is 87.7 cm³/mol. The van der Waals surface area contributed by atoms with Gasteiger partial charge in [-0.15, -0.1) is 0 Å². The number of nitrogens with one attached hydrogen (secondary N) is 3. The highest BCUT2D eigenvalue weighted by atomic mass is 16.2. The molecular formula is C16H19N5O3. The second-order valence-electron chi connectivity index (χ2n) is 5.97. The molecule has 1 saturated carbocycles. The van der Waals surface area contributed by atoms with E-state index in [-0.39, 0.29) is 18.0 Å². The number of aromatic nitrogens is 3. The van der Waals surface area contributed by atoms with Crippen LogP contribution in [0.3, 0.4) is 0 Å². The third kappa shape index (κ3) is 3.70. The molecule has 0 spiro atoms. The van der Waals surface area contributed by atoms with E-state index in [1.807, 2.05) is 0 Å². The molecule has 0 saturated heterocycles. The number of H-pyrrole nitrogens is 1. The van der Waals surface area contributed by atoms with E-state index in [0.29, 0.717) is 18.2 Å². The summed E-state index contributed by atoms with van der Waals surface area (Å²) in [5.41, 5.74) is 0.852. The van der Waals surface area contributed by atoms with Gasteiger partial charge in [0.25, 0.3) is 11.5 Å². The Morgan fingerprint density at radius 1 is 1.42 bits per heavy atom. The van der Waals surface area contributed by atoms with Crippen LogP contribution in [0.4, 0.5) is 5.69 Å². The fraction of sp³-hybridized carbons (Fsp3) is 0.375. The van der Waals surface area contributed by atoms with E-state index in [1.54, 1.807) is 13.0 Å². The van der Waals surface area contributed by atoms with E-state index < -0.39 is 11.5 Å². The molecule has 0 aliphatic heterocycles. The second-order valence-corrected chi connectivity index (χ2v) is 5.97. The lowest BCUT2D eigenvalue weighted by Gasteiger charge is -2.09. The Kier molecular flexibility index (Phi) is 4.45. The number of anilines is 1. The minimum atomic E-state index is -0.482. The molecule has 126 valence electrons. The molecule has 2 aromatic heterocycles. The van der Waals surface area contributed by atoms with Crippen molar-refractivity contribution in [3.63, 3.8) is 0 Å². The number of rotatable bonds is 6. The van der Waals surface area contributed by atoms with Gasteiger partial charge in [0.2, 0.25) is 5.91 Å². The normalized spacial score (nSPS) is 13.5. The van der Waals surface area contributed by atoms with Crippen molar-refractivity contribution in [2.75, 3.05) is 11.9 Å². The van der Waals surface area contributed by atoms with Crippen LogP contribution in [0.1, 0.15) is 28.9 Å². The van der Waals surface area contributed by atoms with Gasteiger partial charge in [-0.3, -0.25) is 19.5 Å². The average Bonchev–Trinajstić information content (AvgIpc) is 3.30. The molecule has 3 N–H and O–H groups in total. The molecule has 2 amide bonds. The molecule has 8 heteroatoms. The van der Waals surface area contributed by atoms with E-state index in [4.69, 9.17) is 0 Å². The third-order valence-electron chi connectivity index (χ3n) is 3.93. The molecule has 0 radical (unpaired) electrons. The molecule has 0 bridgehead atoms. The van der Waals surface area contributed by atoms with Gasteiger partial charge in [-0.2, -0.15) is 5.10 Å². The quantitative estimate of drug-likeness (QED) is 0.723. The Hall–Kier alpha value is -2.90. The van der Waals surface area contributed by atoms with E-state index in [0.717, 1.165) is 18.5 Å². The largest absolute Gasteiger partial charge is 0.352 e. The van der Waals surface area contributed by atoms with Crippen LogP contribution in [0.25, 0.3) is 0 Å². The number of carbonyl (C=O) groups excluding carboxylic acids is 2. The van der Waals surface area contributed by atoms with Crippen molar-refractivity contribution in [2.24, 2.45) is 5.92 Å². The van der Waals surface area contributed by atoms with Crippen molar-refractivity contribution < 1.29 is 9.59 Å². The Morgan fingerprint density at radius 2 is 2.21 bits per heavy atom.